The van der Waals surface area contributed by atoms with Crippen LogP contribution in [0.5, 0.6) is 0 Å². The lowest BCUT2D eigenvalue weighted by Gasteiger charge is -2.38. The molecule has 1 N–H and O–H groups in total. The summed E-state index contributed by atoms with van der Waals surface area (Å²) in [4.78, 5) is 13.6. The first kappa shape index (κ1) is 19.3. The second kappa shape index (κ2) is 8.47. The number of carbonyl (C=O) groups is 1. The molecule has 1 aromatic carbocycles. The van der Waals surface area contributed by atoms with Crippen LogP contribution in [-0.2, 0) is 15.0 Å². The SMILES string of the molecule is O=C(O)C(c1ccccc1)N1CCN(S(=O)(=O)N2CCCCCC2)CC1. The number of nitrogens with zero attached hydrogens (tertiary/aromatic N) is 3. The van der Waals surface area contributed by atoms with Gasteiger partial charge in [-0.3, -0.25) is 9.69 Å². The molecule has 1 aromatic rings. The molecule has 2 heterocycles. The number of rotatable bonds is 5. The average molecular weight is 381 g/mol. The average Bonchev–Trinajstić information content (AvgIpc) is 2.93. The van der Waals surface area contributed by atoms with Gasteiger partial charge in [0.25, 0.3) is 10.2 Å². The Morgan fingerprint density at radius 2 is 1.38 bits per heavy atom. The van der Waals surface area contributed by atoms with E-state index < -0.39 is 22.2 Å². The molecule has 0 radical (unpaired) electrons. The zero-order chi connectivity index (χ0) is 18.6. The molecule has 2 aliphatic rings. The predicted octanol–water partition coefficient (Wildman–Crippen LogP) is 1.55. The first-order chi connectivity index (χ1) is 12.5. The van der Waals surface area contributed by atoms with Gasteiger partial charge in [0.15, 0.2) is 0 Å². The summed E-state index contributed by atoms with van der Waals surface area (Å²) in [6.07, 6.45) is 3.98. The third-order valence-electron chi connectivity index (χ3n) is 5.21. The van der Waals surface area contributed by atoms with Gasteiger partial charge in [0, 0.05) is 39.3 Å². The van der Waals surface area contributed by atoms with Crippen molar-refractivity contribution in [3.63, 3.8) is 0 Å². The van der Waals surface area contributed by atoms with Crippen molar-refractivity contribution in [2.24, 2.45) is 0 Å². The van der Waals surface area contributed by atoms with Crippen LogP contribution in [0.2, 0.25) is 0 Å². The number of carboxylic acid groups (broad SMARTS) is 1. The van der Waals surface area contributed by atoms with Crippen molar-refractivity contribution in [2.45, 2.75) is 31.7 Å². The number of benzene rings is 1. The smallest absolute Gasteiger partial charge is 0.325 e. The Morgan fingerprint density at radius 1 is 0.846 bits per heavy atom. The lowest BCUT2D eigenvalue weighted by atomic mass is 10.0. The van der Waals surface area contributed by atoms with E-state index in [1.54, 1.807) is 16.4 Å². The van der Waals surface area contributed by atoms with Gasteiger partial charge in [-0.25, -0.2) is 0 Å². The number of carboxylic acids is 1. The molecular weight excluding hydrogens is 354 g/mol. The third kappa shape index (κ3) is 4.25. The van der Waals surface area contributed by atoms with Gasteiger partial charge in [-0.2, -0.15) is 17.0 Å². The molecule has 1 atom stereocenters. The highest BCUT2D eigenvalue weighted by Gasteiger charge is 2.36. The molecule has 0 aliphatic carbocycles. The van der Waals surface area contributed by atoms with E-state index in [1.807, 2.05) is 23.1 Å². The van der Waals surface area contributed by atoms with Crippen LogP contribution in [0.1, 0.15) is 37.3 Å². The lowest BCUT2D eigenvalue weighted by molar-refractivity contribution is -0.144. The molecule has 144 valence electrons. The minimum Gasteiger partial charge on any atom is -0.480 e. The zero-order valence-electron chi connectivity index (χ0n) is 15.0. The number of piperazine rings is 1. The summed E-state index contributed by atoms with van der Waals surface area (Å²) in [6.45, 7) is 2.66. The summed E-state index contributed by atoms with van der Waals surface area (Å²) in [6, 6.07) is 8.38. The second-order valence-corrected chi connectivity index (χ2v) is 8.84. The molecule has 3 rings (SSSR count). The molecule has 0 spiro atoms. The molecule has 26 heavy (non-hydrogen) atoms. The van der Waals surface area contributed by atoms with Gasteiger partial charge in [0.1, 0.15) is 6.04 Å². The van der Waals surface area contributed by atoms with E-state index in [-0.39, 0.29) is 0 Å². The quantitative estimate of drug-likeness (QED) is 0.837. The Kier molecular flexibility index (Phi) is 6.29. The van der Waals surface area contributed by atoms with Crippen molar-refractivity contribution < 1.29 is 18.3 Å². The Labute approximate surface area is 155 Å². The van der Waals surface area contributed by atoms with E-state index in [4.69, 9.17) is 0 Å². The third-order valence-corrected chi connectivity index (χ3v) is 7.24. The summed E-state index contributed by atoms with van der Waals surface area (Å²) in [5.74, 6) is -0.903. The molecule has 0 aromatic heterocycles. The first-order valence-corrected chi connectivity index (χ1v) is 10.7. The van der Waals surface area contributed by atoms with Gasteiger partial charge < -0.3 is 5.11 Å². The largest absolute Gasteiger partial charge is 0.480 e. The summed E-state index contributed by atoms with van der Waals surface area (Å²) in [7, 11) is -3.45. The van der Waals surface area contributed by atoms with E-state index >= 15 is 0 Å². The Hall–Kier alpha value is -1.48. The Bertz CT molecular complexity index is 694. The highest BCUT2D eigenvalue weighted by molar-refractivity contribution is 7.86. The van der Waals surface area contributed by atoms with Gasteiger partial charge in [-0.15, -0.1) is 0 Å². The highest BCUT2D eigenvalue weighted by atomic mass is 32.2. The van der Waals surface area contributed by atoms with Gasteiger partial charge in [0.05, 0.1) is 0 Å². The first-order valence-electron chi connectivity index (χ1n) is 9.27. The Morgan fingerprint density at radius 3 is 1.92 bits per heavy atom. The molecule has 2 fully saturated rings. The molecule has 7 nitrogen and oxygen atoms in total. The molecule has 0 bridgehead atoms. The van der Waals surface area contributed by atoms with Crippen molar-refractivity contribution in [1.29, 1.82) is 0 Å². The van der Waals surface area contributed by atoms with Crippen LogP contribution in [0.25, 0.3) is 0 Å². The predicted molar refractivity (Wildman–Crippen MR) is 98.9 cm³/mol. The minimum absolute atomic E-state index is 0.329. The van der Waals surface area contributed by atoms with Crippen LogP contribution in [0.15, 0.2) is 30.3 Å². The molecule has 0 amide bonds. The fourth-order valence-corrected chi connectivity index (χ4v) is 5.44. The van der Waals surface area contributed by atoms with Gasteiger partial charge >= 0.3 is 5.97 Å². The fraction of sp³-hybridized carbons (Fsp3) is 0.611. The summed E-state index contributed by atoms with van der Waals surface area (Å²) >= 11 is 0. The van der Waals surface area contributed by atoms with E-state index in [0.29, 0.717) is 39.3 Å². The summed E-state index contributed by atoms with van der Waals surface area (Å²) in [5, 5.41) is 9.66. The standard InChI is InChI=1S/C18H27N3O4S/c22-18(23)17(16-8-4-3-5-9-16)19-12-14-21(15-13-19)26(24,25)20-10-6-1-2-7-11-20/h3-5,8-9,17H,1-2,6-7,10-15H2,(H,22,23). The Balaban J connectivity index is 1.67. The van der Waals surface area contributed by atoms with Gasteiger partial charge in [-0.1, -0.05) is 43.2 Å². The van der Waals surface area contributed by atoms with Crippen molar-refractivity contribution in [2.75, 3.05) is 39.3 Å². The van der Waals surface area contributed by atoms with Gasteiger partial charge in [0.2, 0.25) is 0 Å². The van der Waals surface area contributed by atoms with E-state index in [9.17, 15) is 18.3 Å². The van der Waals surface area contributed by atoms with Crippen LogP contribution in [0, 0.1) is 0 Å². The minimum atomic E-state index is -3.45. The second-order valence-electron chi connectivity index (χ2n) is 6.91. The van der Waals surface area contributed by atoms with Crippen molar-refractivity contribution in [1.82, 2.24) is 13.5 Å². The maximum atomic E-state index is 12.9. The maximum absolute atomic E-state index is 12.9. The van der Waals surface area contributed by atoms with E-state index in [2.05, 4.69) is 0 Å². The normalized spacial score (nSPS) is 22.6. The van der Waals surface area contributed by atoms with Crippen molar-refractivity contribution in [3.05, 3.63) is 35.9 Å². The van der Waals surface area contributed by atoms with Crippen molar-refractivity contribution in [3.8, 4) is 0 Å². The zero-order valence-corrected chi connectivity index (χ0v) is 15.8. The molecule has 0 saturated carbocycles. The number of aliphatic carboxylic acids is 1. The topological polar surface area (TPSA) is 81.2 Å². The maximum Gasteiger partial charge on any atom is 0.325 e. The van der Waals surface area contributed by atoms with E-state index in [0.717, 1.165) is 31.2 Å². The molecule has 1 unspecified atom stereocenters. The number of hydrogen-bond acceptors (Lipinski definition) is 4. The highest BCUT2D eigenvalue weighted by Crippen LogP contribution is 2.24. The van der Waals surface area contributed by atoms with Crippen LogP contribution >= 0.6 is 0 Å². The monoisotopic (exact) mass is 381 g/mol. The molecule has 2 aliphatic heterocycles. The van der Waals surface area contributed by atoms with Crippen molar-refractivity contribution >= 4 is 16.2 Å². The lowest BCUT2D eigenvalue weighted by Crippen LogP contribution is -2.54. The summed E-state index contributed by atoms with van der Waals surface area (Å²) < 4.78 is 28.9. The molecule has 2 saturated heterocycles. The van der Waals surface area contributed by atoms with Crippen LogP contribution in [-0.4, -0.2) is 72.3 Å². The van der Waals surface area contributed by atoms with E-state index in [1.165, 1.54) is 4.31 Å². The molecular formula is C18H27N3O4S. The number of hydrogen-bond donors (Lipinski definition) is 1. The van der Waals surface area contributed by atoms with Gasteiger partial charge in [-0.05, 0) is 18.4 Å². The van der Waals surface area contributed by atoms with Crippen LogP contribution in [0.3, 0.4) is 0 Å². The molecule has 8 heteroatoms. The fourth-order valence-electron chi connectivity index (χ4n) is 3.77. The summed E-state index contributed by atoms with van der Waals surface area (Å²) in [5.41, 5.74) is 0.726. The van der Waals surface area contributed by atoms with Crippen LogP contribution < -0.4 is 0 Å². The van der Waals surface area contributed by atoms with Crippen LogP contribution in [0.4, 0.5) is 0 Å².